The fraction of sp³-hybridized carbons (Fsp3) is 0.529. The number of rotatable bonds is 5. The van der Waals surface area contributed by atoms with E-state index in [9.17, 15) is 0 Å². The summed E-state index contributed by atoms with van der Waals surface area (Å²) in [6.45, 7) is 4.59. The van der Waals surface area contributed by atoms with E-state index in [1.165, 1.54) is 36.8 Å². The molecule has 2 rings (SSSR count). The second-order valence-electron chi connectivity index (χ2n) is 5.52. The molecule has 1 aliphatic rings. The van der Waals surface area contributed by atoms with E-state index in [2.05, 4.69) is 50.3 Å². The molecular weight excluding hydrogens is 218 g/mol. The summed E-state index contributed by atoms with van der Waals surface area (Å²) in [5.74, 6) is 1.09. The lowest BCUT2D eigenvalue weighted by Crippen LogP contribution is -2.33. The smallest absolute Gasteiger partial charge is 0.0325 e. The minimum absolute atomic E-state index is 0.199. The second kappa shape index (κ2) is 6.19. The molecule has 1 aromatic carbocycles. The van der Waals surface area contributed by atoms with Crippen LogP contribution in [0.15, 0.2) is 42.0 Å². The predicted octanol–water partition coefficient (Wildman–Crippen LogP) is 4.25. The van der Waals surface area contributed by atoms with Crippen LogP contribution in [0.3, 0.4) is 0 Å². The van der Waals surface area contributed by atoms with Crippen molar-refractivity contribution in [3.63, 3.8) is 0 Å². The summed E-state index contributed by atoms with van der Waals surface area (Å²) >= 11 is 0. The first kappa shape index (κ1) is 13.4. The van der Waals surface area contributed by atoms with E-state index in [1.54, 1.807) is 0 Å². The van der Waals surface area contributed by atoms with Crippen LogP contribution in [0.4, 0.5) is 0 Å². The van der Waals surface area contributed by atoms with Gasteiger partial charge in [-0.2, -0.15) is 0 Å². The van der Waals surface area contributed by atoms with Crippen molar-refractivity contribution in [2.75, 3.05) is 0 Å². The van der Waals surface area contributed by atoms with Gasteiger partial charge in [-0.05, 0) is 30.7 Å². The molecule has 0 spiro atoms. The van der Waals surface area contributed by atoms with Gasteiger partial charge in [0.25, 0.3) is 0 Å². The van der Waals surface area contributed by atoms with Gasteiger partial charge in [0.05, 0.1) is 0 Å². The summed E-state index contributed by atoms with van der Waals surface area (Å²) in [4.78, 5) is 0. The number of nitrogens with two attached hydrogens (primary N) is 1. The van der Waals surface area contributed by atoms with Crippen molar-refractivity contribution in [3.05, 3.63) is 47.5 Å². The van der Waals surface area contributed by atoms with Crippen molar-refractivity contribution in [3.8, 4) is 0 Å². The zero-order chi connectivity index (χ0) is 13.0. The summed E-state index contributed by atoms with van der Waals surface area (Å²) in [6.07, 6.45) is 7.24. The largest absolute Gasteiger partial charge is 0.324 e. The topological polar surface area (TPSA) is 26.0 Å². The molecule has 0 saturated carbocycles. The first-order valence-electron chi connectivity index (χ1n) is 7.23. The molecule has 0 saturated heterocycles. The Morgan fingerprint density at radius 2 is 1.94 bits per heavy atom. The SMILES string of the molecule is CCC(C)C(c1ccccc1)C(N)C1=CCCC1. The highest BCUT2D eigenvalue weighted by Crippen LogP contribution is 2.35. The van der Waals surface area contributed by atoms with Crippen LogP contribution in [-0.4, -0.2) is 6.04 Å². The molecule has 0 heterocycles. The zero-order valence-electron chi connectivity index (χ0n) is 11.6. The van der Waals surface area contributed by atoms with Crippen molar-refractivity contribution in [1.29, 1.82) is 0 Å². The van der Waals surface area contributed by atoms with Crippen molar-refractivity contribution < 1.29 is 0 Å². The van der Waals surface area contributed by atoms with Crippen molar-refractivity contribution in [1.82, 2.24) is 0 Å². The van der Waals surface area contributed by atoms with Gasteiger partial charge in [0.15, 0.2) is 0 Å². The molecular formula is C17H25N. The minimum atomic E-state index is 0.199. The van der Waals surface area contributed by atoms with Crippen LogP contribution in [0.2, 0.25) is 0 Å². The van der Waals surface area contributed by atoms with Crippen LogP contribution >= 0.6 is 0 Å². The molecule has 3 unspecified atom stereocenters. The summed E-state index contributed by atoms with van der Waals surface area (Å²) in [6, 6.07) is 11.0. The van der Waals surface area contributed by atoms with Gasteiger partial charge in [0.2, 0.25) is 0 Å². The molecule has 3 atom stereocenters. The molecule has 1 aliphatic carbocycles. The normalized spacial score (nSPS) is 20.3. The first-order valence-corrected chi connectivity index (χ1v) is 7.23. The third kappa shape index (κ3) is 2.84. The maximum atomic E-state index is 6.56. The first-order chi connectivity index (χ1) is 8.74. The third-order valence-electron chi connectivity index (χ3n) is 4.33. The average Bonchev–Trinajstić information content (AvgIpc) is 2.94. The second-order valence-corrected chi connectivity index (χ2v) is 5.52. The molecule has 98 valence electrons. The van der Waals surface area contributed by atoms with E-state index < -0.39 is 0 Å². The van der Waals surface area contributed by atoms with E-state index in [0.29, 0.717) is 11.8 Å². The standard InChI is InChI=1S/C17H25N/c1-3-13(2)16(14-9-5-4-6-10-14)17(18)15-11-7-8-12-15/h4-6,9-11,13,16-17H,3,7-8,12,18H2,1-2H3. The Hall–Kier alpha value is -1.08. The minimum Gasteiger partial charge on any atom is -0.324 e. The maximum absolute atomic E-state index is 6.56. The quantitative estimate of drug-likeness (QED) is 0.769. The monoisotopic (exact) mass is 243 g/mol. The molecule has 0 aliphatic heterocycles. The molecule has 0 aromatic heterocycles. The molecule has 18 heavy (non-hydrogen) atoms. The fourth-order valence-corrected chi connectivity index (χ4v) is 3.05. The van der Waals surface area contributed by atoms with Crippen molar-refractivity contribution in [2.24, 2.45) is 11.7 Å². The van der Waals surface area contributed by atoms with Gasteiger partial charge >= 0.3 is 0 Å². The van der Waals surface area contributed by atoms with Gasteiger partial charge in [-0.1, -0.05) is 62.2 Å². The van der Waals surface area contributed by atoms with Gasteiger partial charge in [0, 0.05) is 12.0 Å². The number of hydrogen-bond donors (Lipinski definition) is 1. The molecule has 0 bridgehead atoms. The van der Waals surface area contributed by atoms with E-state index in [1.807, 2.05) is 0 Å². The van der Waals surface area contributed by atoms with Gasteiger partial charge < -0.3 is 5.73 Å². The molecule has 1 aromatic rings. The van der Waals surface area contributed by atoms with Gasteiger partial charge in [-0.3, -0.25) is 0 Å². The Bertz CT molecular complexity index is 393. The Kier molecular flexibility index (Phi) is 4.60. The zero-order valence-corrected chi connectivity index (χ0v) is 11.6. The lowest BCUT2D eigenvalue weighted by atomic mass is 9.78. The predicted molar refractivity (Wildman–Crippen MR) is 78.5 cm³/mol. The van der Waals surface area contributed by atoms with Crippen LogP contribution in [0.5, 0.6) is 0 Å². The fourth-order valence-electron chi connectivity index (χ4n) is 3.05. The lowest BCUT2D eigenvalue weighted by Gasteiger charge is -2.30. The van der Waals surface area contributed by atoms with Gasteiger partial charge in [-0.15, -0.1) is 0 Å². The third-order valence-corrected chi connectivity index (χ3v) is 4.33. The van der Waals surface area contributed by atoms with Crippen LogP contribution in [-0.2, 0) is 0 Å². The van der Waals surface area contributed by atoms with E-state index >= 15 is 0 Å². The molecule has 2 N–H and O–H groups in total. The number of benzene rings is 1. The Morgan fingerprint density at radius 3 is 2.50 bits per heavy atom. The van der Waals surface area contributed by atoms with E-state index in [4.69, 9.17) is 5.73 Å². The summed E-state index contributed by atoms with van der Waals surface area (Å²) in [5.41, 5.74) is 9.44. The highest BCUT2D eigenvalue weighted by atomic mass is 14.7. The highest BCUT2D eigenvalue weighted by molar-refractivity contribution is 5.28. The van der Waals surface area contributed by atoms with Crippen LogP contribution in [0, 0.1) is 5.92 Å². The Balaban J connectivity index is 2.25. The molecule has 0 fully saturated rings. The summed E-state index contributed by atoms with van der Waals surface area (Å²) < 4.78 is 0. The lowest BCUT2D eigenvalue weighted by molar-refractivity contribution is 0.403. The molecule has 1 nitrogen and oxygen atoms in total. The van der Waals surface area contributed by atoms with E-state index in [0.717, 1.165) is 0 Å². The molecule has 0 radical (unpaired) electrons. The van der Waals surface area contributed by atoms with Gasteiger partial charge in [-0.25, -0.2) is 0 Å². The summed E-state index contributed by atoms with van der Waals surface area (Å²) in [5, 5.41) is 0. The molecule has 0 amide bonds. The van der Waals surface area contributed by atoms with Crippen LogP contribution in [0.25, 0.3) is 0 Å². The number of allylic oxidation sites excluding steroid dienone is 1. The Morgan fingerprint density at radius 1 is 1.22 bits per heavy atom. The van der Waals surface area contributed by atoms with Crippen molar-refractivity contribution >= 4 is 0 Å². The summed E-state index contributed by atoms with van der Waals surface area (Å²) in [7, 11) is 0. The molecule has 1 heteroatoms. The number of hydrogen-bond acceptors (Lipinski definition) is 1. The van der Waals surface area contributed by atoms with Crippen LogP contribution < -0.4 is 5.73 Å². The maximum Gasteiger partial charge on any atom is 0.0325 e. The highest BCUT2D eigenvalue weighted by Gasteiger charge is 2.28. The van der Waals surface area contributed by atoms with Gasteiger partial charge in [0.1, 0.15) is 0 Å². The van der Waals surface area contributed by atoms with Crippen LogP contribution in [0.1, 0.15) is 51.0 Å². The average molecular weight is 243 g/mol. The Labute approximate surface area is 111 Å². The van der Waals surface area contributed by atoms with E-state index in [-0.39, 0.29) is 6.04 Å². The van der Waals surface area contributed by atoms with Crippen molar-refractivity contribution in [2.45, 2.75) is 51.5 Å².